The molecule has 0 spiro atoms. The Balaban J connectivity index is 2.52. The highest BCUT2D eigenvalue weighted by molar-refractivity contribution is 5.78. The molecule has 15 heavy (non-hydrogen) atoms. The first-order valence-electron chi connectivity index (χ1n) is 5.95. The maximum Gasteiger partial charge on any atom is 0.191 e. The van der Waals surface area contributed by atoms with Gasteiger partial charge in [-0.05, 0) is 24.2 Å². The van der Waals surface area contributed by atoms with Gasteiger partial charge in [-0.3, -0.25) is 4.99 Å². The van der Waals surface area contributed by atoms with E-state index in [0.29, 0.717) is 11.3 Å². The third-order valence-corrected chi connectivity index (χ3v) is 2.84. The van der Waals surface area contributed by atoms with E-state index < -0.39 is 0 Å². The van der Waals surface area contributed by atoms with Gasteiger partial charge in [-0.2, -0.15) is 0 Å². The number of nitrogens with two attached hydrogens (primary N) is 1. The van der Waals surface area contributed by atoms with Gasteiger partial charge in [-0.1, -0.05) is 27.7 Å². The number of aliphatic imine (C=N–C) groups is 1. The van der Waals surface area contributed by atoms with Gasteiger partial charge in [0.15, 0.2) is 5.96 Å². The summed E-state index contributed by atoms with van der Waals surface area (Å²) in [4.78, 5) is 6.66. The third-order valence-electron chi connectivity index (χ3n) is 2.84. The van der Waals surface area contributed by atoms with Crippen molar-refractivity contribution in [2.75, 3.05) is 19.6 Å². The Morgan fingerprint density at radius 2 is 2.13 bits per heavy atom. The fourth-order valence-electron chi connectivity index (χ4n) is 1.99. The molecule has 88 valence electrons. The van der Waals surface area contributed by atoms with Crippen LogP contribution >= 0.6 is 0 Å². The molecule has 1 heterocycles. The summed E-state index contributed by atoms with van der Waals surface area (Å²) in [5.41, 5.74) is 6.38. The van der Waals surface area contributed by atoms with E-state index in [2.05, 4.69) is 37.6 Å². The quantitative estimate of drug-likeness (QED) is 0.561. The predicted molar refractivity (Wildman–Crippen MR) is 65.9 cm³/mol. The van der Waals surface area contributed by atoms with E-state index >= 15 is 0 Å². The number of guanidine groups is 1. The number of rotatable bonds is 2. The molecule has 0 bridgehead atoms. The minimum absolute atomic E-state index is 0.385. The van der Waals surface area contributed by atoms with E-state index in [1.54, 1.807) is 0 Å². The van der Waals surface area contributed by atoms with Crippen molar-refractivity contribution < 1.29 is 0 Å². The van der Waals surface area contributed by atoms with Crippen molar-refractivity contribution in [3.63, 3.8) is 0 Å². The molecule has 0 unspecified atom stereocenters. The molecule has 1 aliphatic rings. The highest BCUT2D eigenvalue weighted by Crippen LogP contribution is 2.27. The minimum Gasteiger partial charge on any atom is -0.370 e. The maximum absolute atomic E-state index is 5.99. The molecule has 1 rings (SSSR count). The van der Waals surface area contributed by atoms with E-state index in [1.807, 2.05) is 0 Å². The zero-order chi connectivity index (χ0) is 11.5. The largest absolute Gasteiger partial charge is 0.370 e. The van der Waals surface area contributed by atoms with Gasteiger partial charge in [0.05, 0.1) is 0 Å². The summed E-state index contributed by atoms with van der Waals surface area (Å²) in [6.07, 6.45) is 2.52. The number of nitrogens with zero attached hydrogens (tertiary/aromatic N) is 2. The molecule has 0 atom stereocenters. The van der Waals surface area contributed by atoms with Crippen LogP contribution in [0.2, 0.25) is 0 Å². The average Bonchev–Trinajstić information content (AvgIpc) is 2.12. The van der Waals surface area contributed by atoms with Crippen molar-refractivity contribution in [3.05, 3.63) is 0 Å². The van der Waals surface area contributed by atoms with Crippen LogP contribution in [0.5, 0.6) is 0 Å². The number of hydrogen-bond acceptors (Lipinski definition) is 1. The van der Waals surface area contributed by atoms with E-state index in [4.69, 9.17) is 5.73 Å². The van der Waals surface area contributed by atoms with Crippen molar-refractivity contribution >= 4 is 5.96 Å². The number of hydrogen-bond donors (Lipinski definition) is 1. The monoisotopic (exact) mass is 211 g/mol. The van der Waals surface area contributed by atoms with Gasteiger partial charge >= 0.3 is 0 Å². The molecule has 3 heteroatoms. The van der Waals surface area contributed by atoms with E-state index in [-0.39, 0.29) is 0 Å². The van der Waals surface area contributed by atoms with Crippen molar-refractivity contribution in [3.8, 4) is 0 Å². The Bertz CT molecular complexity index is 231. The van der Waals surface area contributed by atoms with Gasteiger partial charge in [0.25, 0.3) is 0 Å². The van der Waals surface area contributed by atoms with Gasteiger partial charge in [-0.15, -0.1) is 0 Å². The van der Waals surface area contributed by atoms with Crippen LogP contribution in [0.25, 0.3) is 0 Å². The van der Waals surface area contributed by atoms with Crippen LogP contribution in [0.1, 0.15) is 40.5 Å². The molecule has 0 aliphatic carbocycles. The Morgan fingerprint density at radius 3 is 2.67 bits per heavy atom. The van der Waals surface area contributed by atoms with E-state index in [0.717, 1.165) is 25.6 Å². The standard InChI is InChI=1S/C12H25N3/c1-10(2)8-14-11(13)15-7-5-6-12(3,4)9-15/h10H,5-9H2,1-4H3,(H2,13,14). The lowest BCUT2D eigenvalue weighted by Gasteiger charge is -2.38. The smallest absolute Gasteiger partial charge is 0.191 e. The minimum atomic E-state index is 0.385. The molecule has 0 aromatic heterocycles. The molecule has 1 aliphatic heterocycles. The molecule has 1 saturated heterocycles. The first-order valence-corrected chi connectivity index (χ1v) is 5.95. The molecule has 1 fully saturated rings. The Kier molecular flexibility index (Phi) is 4.00. The highest BCUT2D eigenvalue weighted by Gasteiger charge is 2.27. The summed E-state index contributed by atoms with van der Waals surface area (Å²) in [7, 11) is 0. The van der Waals surface area contributed by atoms with Crippen molar-refractivity contribution in [1.29, 1.82) is 0 Å². The molecular formula is C12H25N3. The topological polar surface area (TPSA) is 41.6 Å². The van der Waals surface area contributed by atoms with Crippen LogP contribution in [0, 0.1) is 11.3 Å². The first-order chi connectivity index (χ1) is 6.91. The van der Waals surface area contributed by atoms with Gasteiger partial charge in [-0.25, -0.2) is 0 Å². The lowest BCUT2D eigenvalue weighted by atomic mass is 9.84. The lowest BCUT2D eigenvalue weighted by Crippen LogP contribution is -2.47. The van der Waals surface area contributed by atoms with Crippen molar-refractivity contribution in [2.24, 2.45) is 22.1 Å². The molecule has 0 saturated carbocycles. The zero-order valence-corrected chi connectivity index (χ0v) is 10.6. The second kappa shape index (κ2) is 4.86. The summed E-state index contributed by atoms with van der Waals surface area (Å²) in [5, 5.41) is 0. The third kappa shape index (κ3) is 4.10. The van der Waals surface area contributed by atoms with Crippen molar-refractivity contribution in [1.82, 2.24) is 4.90 Å². The Labute approximate surface area is 93.7 Å². The molecule has 3 nitrogen and oxygen atoms in total. The normalized spacial score (nSPS) is 22.2. The molecular weight excluding hydrogens is 186 g/mol. The van der Waals surface area contributed by atoms with Gasteiger partial charge < -0.3 is 10.6 Å². The second-order valence-corrected chi connectivity index (χ2v) is 5.78. The number of piperidine rings is 1. The molecule has 0 amide bonds. The Hall–Kier alpha value is -0.730. The van der Waals surface area contributed by atoms with Crippen molar-refractivity contribution in [2.45, 2.75) is 40.5 Å². The zero-order valence-electron chi connectivity index (χ0n) is 10.6. The summed E-state index contributed by atoms with van der Waals surface area (Å²) >= 11 is 0. The molecule has 2 N–H and O–H groups in total. The fourth-order valence-corrected chi connectivity index (χ4v) is 1.99. The molecule has 0 aromatic rings. The van der Waals surface area contributed by atoms with Crippen LogP contribution in [0.4, 0.5) is 0 Å². The fraction of sp³-hybridized carbons (Fsp3) is 0.917. The van der Waals surface area contributed by atoms with Crippen LogP contribution < -0.4 is 5.73 Å². The summed E-state index contributed by atoms with van der Waals surface area (Å²) in [5.74, 6) is 1.32. The second-order valence-electron chi connectivity index (χ2n) is 5.78. The number of likely N-dealkylation sites (tertiary alicyclic amines) is 1. The SMILES string of the molecule is CC(C)CN=C(N)N1CCCC(C)(C)C1. The molecule has 0 radical (unpaired) electrons. The van der Waals surface area contributed by atoms with Gasteiger partial charge in [0.2, 0.25) is 0 Å². The summed E-state index contributed by atoms with van der Waals surface area (Å²) < 4.78 is 0. The first kappa shape index (κ1) is 12.3. The summed E-state index contributed by atoms with van der Waals surface area (Å²) in [6.45, 7) is 11.9. The average molecular weight is 211 g/mol. The van der Waals surface area contributed by atoms with Crippen LogP contribution in [-0.4, -0.2) is 30.5 Å². The van der Waals surface area contributed by atoms with E-state index in [1.165, 1.54) is 12.8 Å². The highest BCUT2D eigenvalue weighted by atomic mass is 15.3. The maximum atomic E-state index is 5.99. The summed E-state index contributed by atoms with van der Waals surface area (Å²) in [6, 6.07) is 0. The Morgan fingerprint density at radius 1 is 1.47 bits per heavy atom. The van der Waals surface area contributed by atoms with Crippen LogP contribution in [-0.2, 0) is 0 Å². The molecule has 0 aromatic carbocycles. The predicted octanol–water partition coefficient (Wildman–Crippen LogP) is 2.08. The van der Waals surface area contributed by atoms with Crippen LogP contribution in [0.15, 0.2) is 4.99 Å². The van der Waals surface area contributed by atoms with Gasteiger partial charge in [0, 0.05) is 19.6 Å². The van der Waals surface area contributed by atoms with Gasteiger partial charge in [0.1, 0.15) is 0 Å². The lowest BCUT2D eigenvalue weighted by molar-refractivity contribution is 0.177. The van der Waals surface area contributed by atoms with E-state index in [9.17, 15) is 0 Å². The van der Waals surface area contributed by atoms with Crippen LogP contribution in [0.3, 0.4) is 0 Å².